The third-order valence-electron chi connectivity index (χ3n) is 4.27. The van der Waals surface area contributed by atoms with E-state index >= 15 is 0 Å². The highest BCUT2D eigenvalue weighted by molar-refractivity contribution is 5.23. The summed E-state index contributed by atoms with van der Waals surface area (Å²) >= 11 is 0. The fourth-order valence-corrected chi connectivity index (χ4v) is 3.02. The Morgan fingerprint density at radius 3 is 2.55 bits per heavy atom. The number of ether oxygens (including phenoxy) is 1. The number of hydrogen-bond donors (Lipinski definition) is 1. The van der Waals surface area contributed by atoms with Crippen molar-refractivity contribution in [1.29, 1.82) is 0 Å². The minimum atomic E-state index is 0.513. The van der Waals surface area contributed by atoms with E-state index in [0.717, 1.165) is 26.0 Å². The van der Waals surface area contributed by atoms with Crippen molar-refractivity contribution in [1.82, 2.24) is 5.32 Å². The average Bonchev–Trinajstić information content (AvgIpc) is 2.99. The largest absolute Gasteiger partial charge is 0.378 e. The Morgan fingerprint density at radius 1 is 1.20 bits per heavy atom. The van der Waals surface area contributed by atoms with Gasteiger partial charge in [0.2, 0.25) is 0 Å². The molecule has 0 spiro atoms. The monoisotopic (exact) mass is 275 g/mol. The molecule has 2 atom stereocenters. The molecule has 1 saturated heterocycles. The van der Waals surface area contributed by atoms with Crippen LogP contribution in [0.4, 0.5) is 0 Å². The van der Waals surface area contributed by atoms with Gasteiger partial charge in [-0.25, -0.2) is 0 Å². The highest BCUT2D eigenvalue weighted by atomic mass is 16.5. The summed E-state index contributed by atoms with van der Waals surface area (Å²) in [5.41, 5.74) is 2.87. The van der Waals surface area contributed by atoms with Crippen molar-refractivity contribution >= 4 is 0 Å². The van der Waals surface area contributed by atoms with Gasteiger partial charge < -0.3 is 10.1 Å². The van der Waals surface area contributed by atoms with Gasteiger partial charge in [-0.15, -0.1) is 0 Å². The first-order valence-corrected chi connectivity index (χ1v) is 8.24. The number of likely N-dealkylation sites (N-methyl/N-ethyl adjacent to an activating group) is 1. The average molecular weight is 275 g/mol. The number of rotatable bonds is 8. The zero-order chi connectivity index (χ0) is 14.2. The zero-order valence-corrected chi connectivity index (χ0v) is 13.0. The van der Waals surface area contributed by atoms with Crippen molar-refractivity contribution in [2.75, 3.05) is 13.2 Å². The van der Waals surface area contributed by atoms with Crippen LogP contribution in [-0.4, -0.2) is 25.3 Å². The van der Waals surface area contributed by atoms with E-state index in [9.17, 15) is 0 Å². The molecule has 1 aliphatic heterocycles. The SMILES string of the molecule is CCNC(CCC1CCCO1)Cc1ccc(CC)cc1. The molecule has 0 bridgehead atoms. The molecule has 1 aliphatic rings. The van der Waals surface area contributed by atoms with E-state index in [1.807, 2.05) is 0 Å². The maximum absolute atomic E-state index is 5.73. The van der Waals surface area contributed by atoms with Crippen molar-refractivity contribution in [3.8, 4) is 0 Å². The molecule has 1 aromatic rings. The lowest BCUT2D eigenvalue weighted by molar-refractivity contribution is 0.0996. The van der Waals surface area contributed by atoms with E-state index in [-0.39, 0.29) is 0 Å². The number of aryl methyl sites for hydroxylation is 1. The Bertz CT molecular complexity index is 368. The van der Waals surface area contributed by atoms with Crippen LogP contribution in [0, 0.1) is 0 Å². The van der Waals surface area contributed by atoms with Crippen LogP contribution in [-0.2, 0) is 17.6 Å². The first kappa shape index (κ1) is 15.5. The van der Waals surface area contributed by atoms with Crippen LogP contribution in [0.5, 0.6) is 0 Å². The van der Waals surface area contributed by atoms with Gasteiger partial charge in [-0.2, -0.15) is 0 Å². The molecule has 0 radical (unpaired) electrons. The van der Waals surface area contributed by atoms with Crippen LogP contribution in [0.2, 0.25) is 0 Å². The van der Waals surface area contributed by atoms with Crippen LogP contribution >= 0.6 is 0 Å². The van der Waals surface area contributed by atoms with E-state index < -0.39 is 0 Å². The highest BCUT2D eigenvalue weighted by Crippen LogP contribution is 2.19. The number of nitrogens with one attached hydrogen (secondary N) is 1. The van der Waals surface area contributed by atoms with Crippen molar-refractivity contribution in [2.45, 2.75) is 64.5 Å². The molecule has 1 N–H and O–H groups in total. The lowest BCUT2D eigenvalue weighted by Gasteiger charge is -2.20. The molecule has 0 saturated carbocycles. The summed E-state index contributed by atoms with van der Waals surface area (Å²) in [5, 5.41) is 3.63. The van der Waals surface area contributed by atoms with Gasteiger partial charge in [-0.1, -0.05) is 38.1 Å². The fraction of sp³-hybridized carbons (Fsp3) is 0.667. The number of benzene rings is 1. The van der Waals surface area contributed by atoms with Crippen molar-refractivity contribution < 1.29 is 4.74 Å². The van der Waals surface area contributed by atoms with Gasteiger partial charge in [-0.05, 0) is 56.2 Å². The van der Waals surface area contributed by atoms with E-state index in [1.165, 1.54) is 36.8 Å². The normalized spacial score (nSPS) is 20.2. The Labute approximate surface area is 123 Å². The van der Waals surface area contributed by atoms with Gasteiger partial charge >= 0.3 is 0 Å². The quantitative estimate of drug-likeness (QED) is 0.780. The van der Waals surface area contributed by atoms with Gasteiger partial charge in [0.1, 0.15) is 0 Å². The van der Waals surface area contributed by atoms with Crippen LogP contribution in [0.3, 0.4) is 0 Å². The summed E-state index contributed by atoms with van der Waals surface area (Å²) in [5.74, 6) is 0. The molecular formula is C18H29NO. The Morgan fingerprint density at radius 2 is 1.95 bits per heavy atom. The Hall–Kier alpha value is -0.860. The summed E-state index contributed by atoms with van der Waals surface area (Å²) < 4.78 is 5.73. The maximum atomic E-state index is 5.73. The molecule has 1 aromatic carbocycles. The number of hydrogen-bond acceptors (Lipinski definition) is 2. The molecule has 2 unspecified atom stereocenters. The smallest absolute Gasteiger partial charge is 0.0576 e. The van der Waals surface area contributed by atoms with Gasteiger partial charge in [0.05, 0.1) is 6.10 Å². The minimum Gasteiger partial charge on any atom is -0.378 e. The third kappa shape index (κ3) is 4.92. The second-order valence-electron chi connectivity index (χ2n) is 5.84. The lowest BCUT2D eigenvalue weighted by atomic mass is 9.98. The van der Waals surface area contributed by atoms with Gasteiger partial charge in [0.15, 0.2) is 0 Å². The first-order valence-electron chi connectivity index (χ1n) is 8.24. The molecule has 2 rings (SSSR count). The Balaban J connectivity index is 1.83. The summed E-state index contributed by atoms with van der Waals surface area (Å²) in [7, 11) is 0. The summed E-state index contributed by atoms with van der Waals surface area (Å²) in [6, 6.07) is 9.68. The van der Waals surface area contributed by atoms with Gasteiger partial charge in [0, 0.05) is 12.6 Å². The standard InChI is InChI=1S/C18H29NO/c1-3-15-7-9-16(10-8-15)14-17(19-4-2)11-12-18-6-5-13-20-18/h7-10,17-19H,3-6,11-14H2,1-2H3. The van der Waals surface area contributed by atoms with E-state index in [1.54, 1.807) is 0 Å². The molecule has 112 valence electrons. The topological polar surface area (TPSA) is 21.3 Å². The molecule has 0 amide bonds. The lowest BCUT2D eigenvalue weighted by Crippen LogP contribution is -2.32. The van der Waals surface area contributed by atoms with Crippen LogP contribution < -0.4 is 5.32 Å². The first-order chi connectivity index (χ1) is 9.81. The minimum absolute atomic E-state index is 0.513. The van der Waals surface area contributed by atoms with Crippen LogP contribution in [0.1, 0.15) is 50.7 Å². The predicted molar refractivity (Wildman–Crippen MR) is 85.2 cm³/mol. The van der Waals surface area contributed by atoms with Crippen molar-refractivity contribution in [3.05, 3.63) is 35.4 Å². The second kappa shape index (κ2) is 8.43. The summed E-state index contributed by atoms with van der Waals surface area (Å²) in [6.45, 7) is 6.41. The zero-order valence-electron chi connectivity index (χ0n) is 13.0. The maximum Gasteiger partial charge on any atom is 0.0576 e. The predicted octanol–water partition coefficient (Wildman–Crippen LogP) is 3.73. The second-order valence-corrected chi connectivity index (χ2v) is 5.84. The molecular weight excluding hydrogens is 246 g/mol. The molecule has 2 nitrogen and oxygen atoms in total. The van der Waals surface area contributed by atoms with Gasteiger partial charge in [-0.3, -0.25) is 0 Å². The summed E-state index contributed by atoms with van der Waals surface area (Å²) in [6.07, 6.45) is 7.68. The fourth-order valence-electron chi connectivity index (χ4n) is 3.02. The molecule has 1 heterocycles. The molecule has 20 heavy (non-hydrogen) atoms. The van der Waals surface area contributed by atoms with Crippen LogP contribution in [0.25, 0.3) is 0 Å². The Kier molecular flexibility index (Phi) is 6.55. The third-order valence-corrected chi connectivity index (χ3v) is 4.27. The van der Waals surface area contributed by atoms with Gasteiger partial charge in [0.25, 0.3) is 0 Å². The van der Waals surface area contributed by atoms with Crippen LogP contribution in [0.15, 0.2) is 24.3 Å². The van der Waals surface area contributed by atoms with Crippen molar-refractivity contribution in [3.63, 3.8) is 0 Å². The molecule has 1 fully saturated rings. The highest BCUT2D eigenvalue weighted by Gasteiger charge is 2.17. The van der Waals surface area contributed by atoms with E-state index in [0.29, 0.717) is 12.1 Å². The van der Waals surface area contributed by atoms with E-state index in [4.69, 9.17) is 4.74 Å². The summed E-state index contributed by atoms with van der Waals surface area (Å²) in [4.78, 5) is 0. The van der Waals surface area contributed by atoms with Crippen molar-refractivity contribution in [2.24, 2.45) is 0 Å². The molecule has 0 aromatic heterocycles. The molecule has 0 aliphatic carbocycles. The van der Waals surface area contributed by atoms with E-state index in [2.05, 4.69) is 43.4 Å². The molecule has 2 heteroatoms.